The number of amides is 2. The van der Waals surface area contributed by atoms with Crippen LogP contribution in [0.5, 0.6) is 0 Å². The maximum absolute atomic E-state index is 15.5. The second-order valence-electron chi connectivity index (χ2n) is 7.85. The molecule has 0 saturated carbocycles. The summed E-state index contributed by atoms with van der Waals surface area (Å²) in [5, 5.41) is 22.0. The van der Waals surface area contributed by atoms with Gasteiger partial charge in [0.15, 0.2) is 10.9 Å². The predicted molar refractivity (Wildman–Crippen MR) is 126 cm³/mol. The van der Waals surface area contributed by atoms with E-state index in [1.54, 1.807) is 12.3 Å². The number of hydrogen-bond acceptors (Lipinski definition) is 6. The number of H-pyrrole nitrogens is 1. The summed E-state index contributed by atoms with van der Waals surface area (Å²) in [6.07, 6.45) is 0.535. The summed E-state index contributed by atoms with van der Waals surface area (Å²) in [7, 11) is 0. The third kappa shape index (κ3) is 3.83. The summed E-state index contributed by atoms with van der Waals surface area (Å²) in [5.74, 6) is -0.679. The minimum atomic E-state index is -1.08. The molecule has 33 heavy (non-hydrogen) atoms. The Morgan fingerprint density at radius 1 is 1.39 bits per heavy atom. The molecule has 12 heteroatoms. The second-order valence-corrected chi connectivity index (χ2v) is 9.26. The van der Waals surface area contributed by atoms with Gasteiger partial charge in [0, 0.05) is 43.4 Å². The van der Waals surface area contributed by atoms with E-state index in [2.05, 4.69) is 25.8 Å². The van der Waals surface area contributed by atoms with Crippen LogP contribution in [0.3, 0.4) is 0 Å². The Bertz CT molecular complexity index is 1410. The van der Waals surface area contributed by atoms with Gasteiger partial charge in [0.2, 0.25) is 5.91 Å². The fourth-order valence-electron chi connectivity index (χ4n) is 4.07. The third-order valence-electron chi connectivity index (χ3n) is 5.54. The lowest BCUT2D eigenvalue weighted by molar-refractivity contribution is -0.114. The third-order valence-corrected chi connectivity index (χ3v) is 6.83. The highest BCUT2D eigenvalue weighted by molar-refractivity contribution is 7.22. The van der Waals surface area contributed by atoms with Crippen molar-refractivity contribution in [2.75, 3.05) is 29.9 Å². The number of benzene rings is 2. The van der Waals surface area contributed by atoms with Gasteiger partial charge in [-0.3, -0.25) is 9.89 Å². The summed E-state index contributed by atoms with van der Waals surface area (Å²) < 4.78 is 16.4. The van der Waals surface area contributed by atoms with Crippen LogP contribution in [0.25, 0.3) is 32.2 Å². The van der Waals surface area contributed by atoms with Crippen molar-refractivity contribution < 1.29 is 19.1 Å². The van der Waals surface area contributed by atoms with Gasteiger partial charge in [0.05, 0.1) is 27.0 Å². The first-order chi connectivity index (χ1) is 15.8. The van der Waals surface area contributed by atoms with E-state index in [0.717, 1.165) is 4.70 Å². The van der Waals surface area contributed by atoms with Gasteiger partial charge < -0.3 is 20.6 Å². The zero-order valence-electron chi connectivity index (χ0n) is 17.3. The lowest BCUT2D eigenvalue weighted by Gasteiger charge is -2.41. The molecule has 4 N–H and O–H groups in total. The van der Waals surface area contributed by atoms with Gasteiger partial charge in [-0.15, -0.1) is 0 Å². The molecule has 2 amide bonds. The molecule has 0 spiro atoms. The molecule has 0 radical (unpaired) electrons. The van der Waals surface area contributed by atoms with Crippen LogP contribution in [0, 0.1) is 11.7 Å². The number of rotatable bonds is 5. The zero-order chi connectivity index (χ0) is 23.3. The number of nitrogens with zero attached hydrogens (tertiary/aromatic N) is 3. The van der Waals surface area contributed by atoms with E-state index in [0.29, 0.717) is 58.0 Å². The summed E-state index contributed by atoms with van der Waals surface area (Å²) >= 11 is 7.88. The van der Waals surface area contributed by atoms with Gasteiger partial charge in [0.1, 0.15) is 5.69 Å². The van der Waals surface area contributed by atoms with Crippen molar-refractivity contribution in [1.82, 2.24) is 20.5 Å². The molecule has 1 saturated heterocycles. The molecule has 170 valence electrons. The lowest BCUT2D eigenvalue weighted by Crippen LogP contribution is -2.51. The lowest BCUT2D eigenvalue weighted by atomic mass is 9.95. The standard InChI is InChI=1S/C21H18ClFN6O3S/c1-9(30)26-20-27-13-3-2-11(4-14(13)33-20)15-12-6-25-28-18(12)19(17(23)16(15)22)29-7-10(8-29)5-24-21(31)32/h2-4,6,10,24H,5,7-8H2,1H3,(H,25,28)(H,31,32)(H,26,27,30). The molecule has 5 rings (SSSR count). The molecule has 0 unspecified atom stereocenters. The smallest absolute Gasteiger partial charge is 0.404 e. The molecule has 1 fully saturated rings. The number of fused-ring (bicyclic) bond motifs is 2. The largest absolute Gasteiger partial charge is 0.465 e. The number of thiazole rings is 1. The molecule has 2 aromatic carbocycles. The summed E-state index contributed by atoms with van der Waals surface area (Å²) in [6, 6.07) is 5.47. The van der Waals surface area contributed by atoms with Gasteiger partial charge >= 0.3 is 6.09 Å². The minimum absolute atomic E-state index is 0.0167. The molecule has 3 heterocycles. The van der Waals surface area contributed by atoms with E-state index < -0.39 is 11.9 Å². The van der Waals surface area contributed by atoms with Crippen LogP contribution in [0.4, 0.5) is 20.0 Å². The molecule has 2 aromatic heterocycles. The number of carbonyl (C=O) groups is 2. The number of aromatic amines is 1. The average Bonchev–Trinajstić information content (AvgIpc) is 3.34. The van der Waals surface area contributed by atoms with Crippen LogP contribution in [0.15, 0.2) is 24.4 Å². The maximum atomic E-state index is 15.5. The van der Waals surface area contributed by atoms with Crippen molar-refractivity contribution in [2.24, 2.45) is 5.92 Å². The first kappa shape index (κ1) is 21.4. The van der Waals surface area contributed by atoms with Crippen LogP contribution < -0.4 is 15.5 Å². The zero-order valence-corrected chi connectivity index (χ0v) is 18.9. The highest BCUT2D eigenvalue weighted by Crippen LogP contribution is 2.45. The molecule has 1 aliphatic heterocycles. The van der Waals surface area contributed by atoms with Crippen LogP contribution in [0.1, 0.15) is 6.92 Å². The van der Waals surface area contributed by atoms with E-state index in [9.17, 15) is 9.59 Å². The fraction of sp³-hybridized carbons (Fsp3) is 0.238. The molecular weight excluding hydrogens is 471 g/mol. The summed E-state index contributed by atoms with van der Waals surface area (Å²) in [4.78, 5) is 28.2. The molecule has 0 aliphatic carbocycles. The van der Waals surface area contributed by atoms with Crippen molar-refractivity contribution in [3.63, 3.8) is 0 Å². The first-order valence-corrected chi connectivity index (χ1v) is 11.3. The van der Waals surface area contributed by atoms with E-state index in [-0.39, 0.29) is 16.8 Å². The molecule has 1 aliphatic rings. The minimum Gasteiger partial charge on any atom is -0.465 e. The first-order valence-electron chi connectivity index (χ1n) is 10.1. The number of nitrogens with one attached hydrogen (secondary N) is 3. The molecule has 0 atom stereocenters. The highest BCUT2D eigenvalue weighted by Gasteiger charge is 2.33. The maximum Gasteiger partial charge on any atom is 0.404 e. The molecule has 0 bridgehead atoms. The van der Waals surface area contributed by atoms with Crippen molar-refractivity contribution in [3.05, 3.63) is 35.2 Å². The fourth-order valence-corrected chi connectivity index (χ4v) is 5.33. The molecule has 4 aromatic rings. The molecular formula is C21H18ClFN6O3S. The quantitative estimate of drug-likeness (QED) is 0.332. The van der Waals surface area contributed by atoms with Gasteiger partial charge in [-0.2, -0.15) is 5.10 Å². The Morgan fingerprint density at radius 3 is 2.91 bits per heavy atom. The number of carboxylic acid groups (broad SMARTS) is 1. The van der Waals surface area contributed by atoms with Gasteiger partial charge in [-0.25, -0.2) is 14.2 Å². The van der Waals surface area contributed by atoms with Crippen molar-refractivity contribution in [3.8, 4) is 11.1 Å². The van der Waals surface area contributed by atoms with Gasteiger partial charge in [-0.1, -0.05) is 29.0 Å². The Morgan fingerprint density at radius 2 is 2.18 bits per heavy atom. The number of halogens is 2. The Balaban J connectivity index is 1.52. The van der Waals surface area contributed by atoms with Gasteiger partial charge in [0.25, 0.3) is 0 Å². The summed E-state index contributed by atoms with van der Waals surface area (Å²) in [5.41, 5.74) is 2.79. The Kier molecular flexibility index (Phi) is 5.29. The van der Waals surface area contributed by atoms with Crippen LogP contribution in [0.2, 0.25) is 5.02 Å². The van der Waals surface area contributed by atoms with Gasteiger partial charge in [-0.05, 0) is 17.7 Å². The van der Waals surface area contributed by atoms with Crippen molar-refractivity contribution in [1.29, 1.82) is 0 Å². The normalized spacial score (nSPS) is 14.0. The number of anilines is 2. The SMILES string of the molecule is CC(=O)Nc1nc2ccc(-c3c(Cl)c(F)c(N4CC(CNC(=O)O)C4)c4[nH]ncc34)cc2s1. The monoisotopic (exact) mass is 488 g/mol. The van der Waals surface area contributed by atoms with Crippen LogP contribution >= 0.6 is 22.9 Å². The topological polar surface area (TPSA) is 123 Å². The summed E-state index contributed by atoms with van der Waals surface area (Å²) in [6.45, 7) is 2.72. The van der Waals surface area contributed by atoms with E-state index in [4.69, 9.17) is 16.7 Å². The average molecular weight is 489 g/mol. The Hall–Kier alpha value is -3.44. The van der Waals surface area contributed by atoms with Crippen LogP contribution in [-0.4, -0.2) is 51.9 Å². The molecule has 9 nitrogen and oxygen atoms in total. The van der Waals surface area contributed by atoms with Crippen molar-refractivity contribution in [2.45, 2.75) is 6.92 Å². The van der Waals surface area contributed by atoms with Crippen LogP contribution in [-0.2, 0) is 4.79 Å². The second kappa shape index (κ2) is 8.16. The number of hydrogen-bond donors (Lipinski definition) is 4. The highest BCUT2D eigenvalue weighted by atomic mass is 35.5. The van der Waals surface area contributed by atoms with Crippen molar-refractivity contribution >= 4 is 66.9 Å². The van der Waals surface area contributed by atoms with E-state index >= 15 is 4.39 Å². The van der Waals surface area contributed by atoms with E-state index in [1.807, 2.05) is 17.0 Å². The predicted octanol–water partition coefficient (Wildman–Crippen LogP) is 4.29. The number of aromatic nitrogens is 3. The van der Waals surface area contributed by atoms with E-state index in [1.165, 1.54) is 18.3 Å². The Labute approximate surface area is 195 Å². The number of carbonyl (C=O) groups excluding carboxylic acids is 1.